The van der Waals surface area contributed by atoms with Gasteiger partial charge >= 0.3 is 12.4 Å². The molecule has 0 saturated heterocycles. The number of urea groups is 1. The van der Waals surface area contributed by atoms with Gasteiger partial charge in [0.2, 0.25) is 0 Å². The highest BCUT2D eigenvalue weighted by atomic mass is 32.2. The Bertz CT molecular complexity index is 1190. The number of nitrogens with one attached hydrogen (secondary N) is 2. The fraction of sp³-hybridized carbons (Fsp3) is 0.227. The van der Waals surface area contributed by atoms with Crippen molar-refractivity contribution in [1.29, 1.82) is 5.26 Å². The molecule has 1 unspecified atom stereocenters. The third-order valence-corrected chi connectivity index (χ3v) is 6.42. The number of halogens is 3. The van der Waals surface area contributed by atoms with Crippen molar-refractivity contribution >= 4 is 45.3 Å². The zero-order chi connectivity index (χ0) is 24.7. The maximum Gasteiger partial charge on any atom is 0.573 e. The first-order valence-corrected chi connectivity index (χ1v) is 11.6. The quantitative estimate of drug-likeness (QED) is 0.252. The number of likely N-dealkylation sites (N-methyl/N-ethyl adjacent to an activating group) is 1. The van der Waals surface area contributed by atoms with Crippen molar-refractivity contribution in [2.75, 3.05) is 6.54 Å². The van der Waals surface area contributed by atoms with Crippen LogP contribution in [0.1, 0.15) is 12.5 Å². The summed E-state index contributed by atoms with van der Waals surface area (Å²) in [5.41, 5.74) is 0.862. The van der Waals surface area contributed by atoms with Crippen LogP contribution >= 0.6 is 23.3 Å². The van der Waals surface area contributed by atoms with Crippen molar-refractivity contribution in [3.05, 3.63) is 59.5 Å². The van der Waals surface area contributed by atoms with Crippen molar-refractivity contribution in [3.63, 3.8) is 0 Å². The second-order valence-electron chi connectivity index (χ2n) is 6.89. The summed E-state index contributed by atoms with van der Waals surface area (Å²) >= 11 is 2.37. The summed E-state index contributed by atoms with van der Waals surface area (Å²) in [6, 6.07) is 10.9. The van der Waals surface area contributed by atoms with Crippen molar-refractivity contribution in [2.45, 2.75) is 30.6 Å². The number of nitrogens with zero attached hydrogens (tertiary/aromatic N) is 2. The lowest BCUT2D eigenvalue weighted by Gasteiger charge is -2.21. The first-order chi connectivity index (χ1) is 16.2. The smallest absolute Gasteiger partial charge is 0.406 e. The molecule has 1 atom stereocenters. The van der Waals surface area contributed by atoms with E-state index in [9.17, 15) is 28.0 Å². The van der Waals surface area contributed by atoms with Gasteiger partial charge < -0.3 is 10.1 Å². The molecule has 0 bridgehead atoms. The third kappa shape index (κ3) is 6.79. The number of carbonyl (C=O) groups excluding carboxylic acids is 2. The fourth-order valence-electron chi connectivity index (χ4n) is 3.08. The van der Waals surface area contributed by atoms with Crippen LogP contribution in [0.15, 0.2) is 58.8 Å². The van der Waals surface area contributed by atoms with E-state index in [1.807, 2.05) is 35.8 Å². The number of hydrogen-bond donors (Lipinski definition) is 2. The van der Waals surface area contributed by atoms with Gasteiger partial charge in [-0.1, -0.05) is 18.2 Å². The minimum absolute atomic E-state index is 0.153. The molecule has 0 aliphatic heterocycles. The number of rotatable bonds is 8. The molecule has 178 valence electrons. The lowest BCUT2D eigenvalue weighted by Crippen LogP contribution is -2.50. The van der Waals surface area contributed by atoms with Crippen molar-refractivity contribution < 1.29 is 27.5 Å². The van der Waals surface area contributed by atoms with Crippen LogP contribution in [0.25, 0.3) is 10.1 Å². The molecule has 3 aromatic rings. The van der Waals surface area contributed by atoms with Crippen molar-refractivity contribution in [3.8, 4) is 11.9 Å². The highest BCUT2D eigenvalue weighted by molar-refractivity contribution is 7.98. The molecule has 0 spiro atoms. The lowest BCUT2D eigenvalue weighted by molar-refractivity contribution is -0.274. The van der Waals surface area contributed by atoms with Gasteiger partial charge in [-0.05, 0) is 65.5 Å². The predicted octanol–water partition coefficient (Wildman–Crippen LogP) is 5.05. The fourth-order valence-corrected chi connectivity index (χ4v) is 4.59. The van der Waals surface area contributed by atoms with E-state index in [1.165, 1.54) is 23.5 Å². The Labute approximate surface area is 201 Å². The van der Waals surface area contributed by atoms with E-state index in [-0.39, 0.29) is 18.7 Å². The molecule has 1 aromatic heterocycles. The largest absolute Gasteiger partial charge is 0.573 e. The zero-order valence-corrected chi connectivity index (χ0v) is 19.4. The normalized spacial score (nSPS) is 12.0. The number of carbonyl (C=O) groups is 2. The number of thiophene rings is 1. The second-order valence-corrected chi connectivity index (χ2v) is 8.68. The summed E-state index contributed by atoms with van der Waals surface area (Å²) in [6.45, 7) is 1.81. The Morgan fingerprint density at radius 3 is 2.56 bits per heavy atom. The number of benzene rings is 2. The standard InChI is InChI=1S/C22H19F3N4O3S2/c1-2-29(13-26)20(30)18(11-14-12-33-19-6-4-3-5-17(14)19)27-21(31)28-34-16-9-7-15(8-10-16)32-22(23,24)25/h3-10,12,18H,2,11H2,1H3,(H2,27,28,31). The van der Waals surface area contributed by atoms with E-state index in [2.05, 4.69) is 14.8 Å². The van der Waals surface area contributed by atoms with Crippen molar-refractivity contribution in [2.24, 2.45) is 0 Å². The maximum absolute atomic E-state index is 12.9. The molecule has 7 nitrogen and oxygen atoms in total. The molecule has 2 N–H and O–H groups in total. The molecule has 0 aliphatic carbocycles. The zero-order valence-electron chi connectivity index (χ0n) is 17.8. The highest BCUT2D eigenvalue weighted by Gasteiger charge is 2.31. The Kier molecular flexibility index (Phi) is 8.25. The molecule has 12 heteroatoms. The predicted molar refractivity (Wildman–Crippen MR) is 123 cm³/mol. The van der Waals surface area contributed by atoms with E-state index in [1.54, 1.807) is 6.92 Å². The van der Waals surface area contributed by atoms with Crippen LogP contribution in [-0.4, -0.2) is 35.8 Å². The molecule has 0 saturated carbocycles. The van der Waals surface area contributed by atoms with E-state index in [4.69, 9.17) is 0 Å². The molecule has 2 aromatic carbocycles. The van der Waals surface area contributed by atoms with Crippen LogP contribution in [0, 0.1) is 11.5 Å². The number of ether oxygens (including phenoxy) is 1. The Balaban J connectivity index is 1.67. The topological polar surface area (TPSA) is 94.5 Å². The van der Waals surface area contributed by atoms with Gasteiger partial charge in [0.05, 0.1) is 0 Å². The molecular weight excluding hydrogens is 489 g/mol. The van der Waals surface area contributed by atoms with Crippen LogP contribution in [0.2, 0.25) is 0 Å². The maximum atomic E-state index is 12.9. The number of nitriles is 1. The number of alkyl halides is 3. The van der Waals surface area contributed by atoms with Crippen LogP contribution in [0.5, 0.6) is 5.75 Å². The molecule has 0 radical (unpaired) electrons. The van der Waals surface area contributed by atoms with Gasteiger partial charge in [0.1, 0.15) is 11.8 Å². The van der Waals surface area contributed by atoms with Gasteiger partial charge in [0.25, 0.3) is 5.91 Å². The summed E-state index contributed by atoms with van der Waals surface area (Å²) in [7, 11) is 0. The van der Waals surface area contributed by atoms with E-state index in [0.29, 0.717) is 4.90 Å². The van der Waals surface area contributed by atoms with E-state index in [0.717, 1.165) is 44.6 Å². The Hall–Kier alpha value is -3.43. The average molecular weight is 509 g/mol. The third-order valence-electron chi connectivity index (χ3n) is 4.61. The minimum atomic E-state index is -4.79. The monoisotopic (exact) mass is 508 g/mol. The van der Waals surface area contributed by atoms with E-state index < -0.39 is 24.3 Å². The summed E-state index contributed by atoms with van der Waals surface area (Å²) in [5.74, 6) is -0.930. The van der Waals surface area contributed by atoms with Crippen LogP contribution < -0.4 is 14.8 Å². The van der Waals surface area contributed by atoms with E-state index >= 15 is 0 Å². The first-order valence-electron chi connectivity index (χ1n) is 9.95. The Morgan fingerprint density at radius 1 is 1.21 bits per heavy atom. The molecular formula is C22H19F3N4O3S2. The van der Waals surface area contributed by atoms with Crippen LogP contribution in [0.4, 0.5) is 18.0 Å². The second kappa shape index (κ2) is 11.1. The highest BCUT2D eigenvalue weighted by Crippen LogP contribution is 2.27. The number of fused-ring (bicyclic) bond motifs is 1. The molecule has 3 rings (SSSR count). The first kappa shape index (κ1) is 25.2. The lowest BCUT2D eigenvalue weighted by atomic mass is 10.0. The number of hydrogen-bond acceptors (Lipinski definition) is 6. The molecule has 3 amide bonds. The van der Waals surface area contributed by atoms with Gasteiger partial charge in [-0.3, -0.25) is 9.52 Å². The molecule has 34 heavy (non-hydrogen) atoms. The van der Waals surface area contributed by atoms with Gasteiger partial charge in [-0.15, -0.1) is 24.5 Å². The minimum Gasteiger partial charge on any atom is -0.406 e. The average Bonchev–Trinajstić information content (AvgIpc) is 3.21. The molecule has 0 aliphatic rings. The summed E-state index contributed by atoms with van der Waals surface area (Å²) in [6.07, 6.45) is -2.79. The van der Waals surface area contributed by atoms with Crippen molar-refractivity contribution in [1.82, 2.24) is 14.9 Å². The molecule has 1 heterocycles. The summed E-state index contributed by atoms with van der Waals surface area (Å²) < 4.78 is 44.1. The van der Waals surface area contributed by atoms with Gasteiger partial charge in [-0.2, -0.15) is 5.26 Å². The SMILES string of the molecule is CCN(C#N)C(=O)C(Cc1csc2ccccc12)NC(=O)NSc1ccc(OC(F)(F)F)cc1. The summed E-state index contributed by atoms with van der Waals surface area (Å²) in [4.78, 5) is 26.8. The van der Waals surface area contributed by atoms with Crippen LogP contribution in [0.3, 0.4) is 0 Å². The van der Waals surface area contributed by atoms with Gasteiger partial charge in [0, 0.05) is 22.6 Å². The molecule has 0 fully saturated rings. The number of amides is 3. The Morgan fingerprint density at radius 2 is 1.91 bits per heavy atom. The van der Waals surface area contributed by atoms with Crippen LogP contribution in [-0.2, 0) is 11.2 Å². The summed E-state index contributed by atoms with van der Waals surface area (Å²) in [5, 5.41) is 14.7. The van der Waals surface area contributed by atoms with Gasteiger partial charge in [0.15, 0.2) is 6.19 Å². The van der Waals surface area contributed by atoms with Gasteiger partial charge in [-0.25, -0.2) is 9.69 Å².